The van der Waals surface area contributed by atoms with E-state index in [4.69, 9.17) is 14.0 Å². The van der Waals surface area contributed by atoms with Crippen molar-refractivity contribution in [3.05, 3.63) is 33.1 Å². The number of phosphoric acid groups is 1. The third kappa shape index (κ3) is 5.28. The van der Waals surface area contributed by atoms with Crippen molar-refractivity contribution in [1.29, 1.82) is 0 Å². The lowest BCUT2D eigenvalue weighted by atomic mass is 9.99. The van der Waals surface area contributed by atoms with Crippen LogP contribution in [0.1, 0.15) is 6.23 Å². The molecular formula is C15H24N2O17P2. The van der Waals surface area contributed by atoms with E-state index in [2.05, 4.69) is 4.31 Å². The van der Waals surface area contributed by atoms with Crippen molar-refractivity contribution in [2.75, 3.05) is 13.2 Å². The first kappa shape index (κ1) is 29.2. The Balaban J connectivity index is 1.92. The van der Waals surface area contributed by atoms with E-state index in [1.807, 2.05) is 4.98 Å². The molecule has 2 saturated heterocycles. The van der Waals surface area contributed by atoms with Crippen LogP contribution in [0.5, 0.6) is 0 Å². The van der Waals surface area contributed by atoms with Gasteiger partial charge < -0.3 is 59.5 Å². The van der Waals surface area contributed by atoms with Crippen molar-refractivity contribution in [2.24, 2.45) is 0 Å². The minimum atomic E-state index is -5.80. The summed E-state index contributed by atoms with van der Waals surface area (Å²) in [6.45, 7) is -2.82. The smallest absolute Gasteiger partial charge is 0.393 e. The summed E-state index contributed by atoms with van der Waals surface area (Å²) in [6.07, 6.45) is -15.9. The van der Waals surface area contributed by atoms with E-state index in [1.165, 1.54) is 0 Å². The molecule has 36 heavy (non-hydrogen) atoms. The van der Waals surface area contributed by atoms with Gasteiger partial charge >= 0.3 is 21.1 Å². The highest BCUT2D eigenvalue weighted by Gasteiger charge is 2.67. The first-order chi connectivity index (χ1) is 16.6. The van der Waals surface area contributed by atoms with Crippen LogP contribution in [-0.2, 0) is 27.4 Å². The molecule has 0 saturated carbocycles. The molecule has 1 aromatic rings. The molecule has 1 unspecified atom stereocenters. The van der Waals surface area contributed by atoms with E-state index in [0.717, 1.165) is 12.3 Å². The Labute approximate surface area is 199 Å². The van der Waals surface area contributed by atoms with Crippen LogP contribution < -0.4 is 11.2 Å². The second kappa shape index (κ2) is 10.4. The van der Waals surface area contributed by atoms with Gasteiger partial charge in [0, 0.05) is 12.3 Å². The Morgan fingerprint density at radius 1 is 1.03 bits per heavy atom. The van der Waals surface area contributed by atoms with E-state index in [-0.39, 0.29) is 0 Å². The van der Waals surface area contributed by atoms with Gasteiger partial charge in [0.2, 0.25) is 5.34 Å². The van der Waals surface area contributed by atoms with Gasteiger partial charge in [0.25, 0.3) is 5.56 Å². The van der Waals surface area contributed by atoms with Gasteiger partial charge in [0.15, 0.2) is 12.5 Å². The number of aromatic amines is 1. The zero-order valence-corrected chi connectivity index (χ0v) is 19.6. The largest absolute Gasteiger partial charge is 0.476 e. The first-order valence-corrected chi connectivity index (χ1v) is 13.0. The predicted molar refractivity (Wildman–Crippen MR) is 109 cm³/mol. The summed E-state index contributed by atoms with van der Waals surface area (Å²) in [4.78, 5) is 43.6. The van der Waals surface area contributed by atoms with Crippen LogP contribution >= 0.6 is 15.4 Å². The molecule has 0 radical (unpaired) electrons. The number of aliphatic hydroxyl groups is 7. The van der Waals surface area contributed by atoms with Gasteiger partial charge in [-0.1, -0.05) is 0 Å². The average Bonchev–Trinajstić information content (AvgIpc) is 3.06. The molecule has 3 rings (SSSR count). The highest BCUT2D eigenvalue weighted by molar-refractivity contribution is 7.65. The van der Waals surface area contributed by atoms with E-state index in [1.54, 1.807) is 0 Å². The van der Waals surface area contributed by atoms with Crippen molar-refractivity contribution in [1.82, 2.24) is 9.55 Å². The Morgan fingerprint density at radius 3 is 2.22 bits per heavy atom. The Kier molecular flexibility index (Phi) is 8.44. The maximum atomic E-state index is 13.6. The number of nitrogens with zero attached hydrogens (tertiary/aromatic N) is 1. The number of ether oxygens (including phenoxy) is 2. The fourth-order valence-electron chi connectivity index (χ4n) is 3.65. The second-order valence-corrected chi connectivity index (χ2v) is 11.5. The standard InChI is InChI=1S/C15H24N2O17P2/c18-4-15(11(24)8(21)10(23)13(25)33-15)35(27,34-36(28,29)30)31-3-5-7(20)9(22)12(32-5)17-2-1-6(19)16-14(17)26/h1-2,5,7-13,18,20-25H,3-4H2,(H,16,19,26)(H2,28,29,30)/t5-,7-,8-,9-,10-,11+,12-,13+,15+,35?/m1/s1. The summed E-state index contributed by atoms with van der Waals surface area (Å²) in [7, 11) is -11.5. The molecule has 2 aliphatic heterocycles. The van der Waals surface area contributed by atoms with Crippen LogP contribution in [0.15, 0.2) is 21.9 Å². The molecule has 21 heteroatoms. The van der Waals surface area contributed by atoms with E-state index >= 15 is 0 Å². The highest BCUT2D eigenvalue weighted by atomic mass is 31.3. The van der Waals surface area contributed by atoms with Gasteiger partial charge in [-0.25, -0.2) is 13.7 Å². The second-order valence-electron chi connectivity index (χ2n) is 7.87. The minimum absolute atomic E-state index is 0.679. The molecule has 3 heterocycles. The van der Waals surface area contributed by atoms with Crippen molar-refractivity contribution in [2.45, 2.75) is 54.5 Å². The normalized spacial score (nSPS) is 39.1. The fourth-order valence-corrected chi connectivity index (χ4v) is 6.96. The molecule has 19 nitrogen and oxygen atoms in total. The minimum Gasteiger partial charge on any atom is -0.393 e. The number of hydrogen-bond acceptors (Lipinski definition) is 15. The molecule has 10 atom stereocenters. The van der Waals surface area contributed by atoms with Gasteiger partial charge in [0.1, 0.15) is 36.6 Å². The summed E-state index contributed by atoms with van der Waals surface area (Å²) < 4.78 is 44.9. The zero-order chi connectivity index (χ0) is 27.2. The fraction of sp³-hybridized carbons (Fsp3) is 0.733. The number of rotatable bonds is 8. The Morgan fingerprint density at radius 2 is 1.67 bits per heavy atom. The summed E-state index contributed by atoms with van der Waals surface area (Å²) in [5.41, 5.74) is -1.83. The number of hydrogen-bond donors (Lipinski definition) is 10. The van der Waals surface area contributed by atoms with Gasteiger partial charge in [-0.15, -0.1) is 0 Å². The van der Waals surface area contributed by atoms with Crippen LogP contribution in [0.3, 0.4) is 0 Å². The quantitative estimate of drug-likeness (QED) is 0.131. The lowest BCUT2D eigenvalue weighted by Crippen LogP contribution is -2.65. The SMILES string of the molecule is O=c1ccn([C@@H]2O[C@H](COP(=O)(OP(=O)(O)O)[C@]3(CO)O[C@H](O)[C@H](O)[C@@H](O)[C@@H]3O)[C@@H](O)[C@H]2O)c(=O)[nH]1. The van der Waals surface area contributed by atoms with E-state index in [0.29, 0.717) is 4.57 Å². The number of H-pyrrole nitrogens is 1. The highest BCUT2D eigenvalue weighted by Crippen LogP contribution is 2.70. The van der Waals surface area contributed by atoms with Crippen molar-refractivity contribution in [3.8, 4) is 0 Å². The molecule has 1 aromatic heterocycles. The summed E-state index contributed by atoms with van der Waals surface area (Å²) >= 11 is 0. The maximum Gasteiger partial charge on any atom is 0.476 e. The van der Waals surface area contributed by atoms with Crippen LogP contribution in [0.25, 0.3) is 0 Å². The van der Waals surface area contributed by atoms with E-state index in [9.17, 15) is 64.3 Å². The van der Waals surface area contributed by atoms with Crippen molar-refractivity contribution in [3.63, 3.8) is 0 Å². The monoisotopic (exact) mass is 566 g/mol. The molecule has 0 aromatic carbocycles. The van der Waals surface area contributed by atoms with Gasteiger partial charge in [-0.2, -0.15) is 0 Å². The Hall–Kier alpha value is -1.38. The molecule has 2 aliphatic rings. The van der Waals surface area contributed by atoms with Gasteiger partial charge in [-0.05, 0) is 0 Å². The van der Waals surface area contributed by atoms with Gasteiger partial charge in [-0.3, -0.25) is 18.9 Å². The molecule has 206 valence electrons. The number of nitrogens with one attached hydrogen (secondary N) is 1. The summed E-state index contributed by atoms with van der Waals surface area (Å²) in [6, 6.07) is 0.896. The molecule has 10 N–H and O–H groups in total. The average molecular weight is 566 g/mol. The molecule has 0 aliphatic carbocycles. The predicted octanol–water partition coefficient (Wildman–Crippen LogP) is -5.41. The van der Waals surface area contributed by atoms with Crippen molar-refractivity contribution >= 4 is 15.4 Å². The molecule has 0 spiro atoms. The number of aromatic nitrogens is 2. The third-order valence-electron chi connectivity index (χ3n) is 5.53. The lowest BCUT2D eigenvalue weighted by molar-refractivity contribution is -0.305. The molecule has 0 bridgehead atoms. The molecule has 2 fully saturated rings. The van der Waals surface area contributed by atoms with E-state index < -0.39 is 94.4 Å². The summed E-state index contributed by atoms with van der Waals surface area (Å²) in [5.74, 6) is 0. The van der Waals surface area contributed by atoms with Crippen molar-refractivity contribution < 1.29 is 73.0 Å². The van der Waals surface area contributed by atoms with Gasteiger partial charge in [0.05, 0.1) is 13.2 Å². The molecular weight excluding hydrogens is 542 g/mol. The third-order valence-corrected chi connectivity index (χ3v) is 9.17. The van der Waals surface area contributed by atoms with Crippen LogP contribution in [0.2, 0.25) is 0 Å². The lowest BCUT2D eigenvalue weighted by Gasteiger charge is -2.48. The molecule has 0 amide bonds. The summed E-state index contributed by atoms with van der Waals surface area (Å²) in [5, 5.41) is 66.9. The van der Waals surface area contributed by atoms with Crippen LogP contribution in [-0.4, -0.2) is 117 Å². The maximum absolute atomic E-state index is 13.6. The number of aliphatic hydroxyl groups excluding tert-OH is 7. The zero-order valence-electron chi connectivity index (χ0n) is 17.8. The Bertz CT molecular complexity index is 1150. The van der Waals surface area contributed by atoms with Crippen LogP contribution in [0.4, 0.5) is 0 Å². The van der Waals surface area contributed by atoms with Crippen LogP contribution in [0, 0.1) is 0 Å². The topological polar surface area (TPSA) is 308 Å². The first-order valence-electron chi connectivity index (χ1n) is 9.92.